The number of carbonyl (C=O) groups is 1. The van der Waals surface area contributed by atoms with Crippen LogP contribution in [0.15, 0.2) is 35.5 Å². The lowest BCUT2D eigenvalue weighted by atomic mass is 10.0. The molecule has 132 valence electrons. The Bertz CT molecular complexity index is 788. The van der Waals surface area contributed by atoms with Crippen molar-refractivity contribution < 1.29 is 19.1 Å². The van der Waals surface area contributed by atoms with Gasteiger partial charge in [-0.1, -0.05) is 0 Å². The zero-order chi connectivity index (χ0) is 17.8. The molecule has 1 aliphatic heterocycles. The van der Waals surface area contributed by atoms with E-state index in [1.807, 2.05) is 6.26 Å². The van der Waals surface area contributed by atoms with Gasteiger partial charge in [0.1, 0.15) is 5.82 Å². The summed E-state index contributed by atoms with van der Waals surface area (Å²) in [7, 11) is 0. The first-order valence-corrected chi connectivity index (χ1v) is 8.99. The highest BCUT2D eigenvalue weighted by atomic mass is 32.2. The predicted octanol–water partition coefficient (Wildman–Crippen LogP) is 2.61. The maximum atomic E-state index is 14.3. The molecular formula is C17H18FN3O3S. The summed E-state index contributed by atoms with van der Waals surface area (Å²) in [6.45, 7) is 0.249. The van der Waals surface area contributed by atoms with Gasteiger partial charge >= 0.3 is 0 Å². The minimum absolute atomic E-state index is 0.0414. The van der Waals surface area contributed by atoms with Gasteiger partial charge in [-0.05, 0) is 36.4 Å². The summed E-state index contributed by atoms with van der Waals surface area (Å²) < 4.78 is 14.3. The van der Waals surface area contributed by atoms with Gasteiger partial charge in [0, 0.05) is 11.1 Å². The van der Waals surface area contributed by atoms with Gasteiger partial charge in [0.2, 0.25) is 0 Å². The number of carbonyl (C=O) groups excluding carboxylic acids is 1. The molecule has 1 aromatic carbocycles. The van der Waals surface area contributed by atoms with Gasteiger partial charge in [-0.15, -0.1) is 11.8 Å². The van der Waals surface area contributed by atoms with E-state index in [-0.39, 0.29) is 24.8 Å². The number of hydrogen-bond acceptors (Lipinski definition) is 6. The predicted molar refractivity (Wildman–Crippen MR) is 93.5 cm³/mol. The number of aliphatic hydroxyl groups is 1. The Morgan fingerprint density at radius 2 is 2.24 bits per heavy atom. The minimum atomic E-state index is -0.402. The number of hydroxylamine groups is 2. The molecule has 1 aromatic heterocycles. The van der Waals surface area contributed by atoms with Crippen molar-refractivity contribution in [3.63, 3.8) is 0 Å². The number of aromatic nitrogens is 1. The van der Waals surface area contributed by atoms with E-state index < -0.39 is 5.82 Å². The van der Waals surface area contributed by atoms with Gasteiger partial charge in [0.05, 0.1) is 42.9 Å². The van der Waals surface area contributed by atoms with Gasteiger partial charge in [0.25, 0.3) is 5.91 Å². The monoisotopic (exact) mass is 363 g/mol. The van der Waals surface area contributed by atoms with Crippen LogP contribution in [0.3, 0.4) is 0 Å². The average molecular weight is 363 g/mol. The molecule has 0 bridgehead atoms. The van der Waals surface area contributed by atoms with Gasteiger partial charge in [-0.2, -0.15) is 0 Å². The Balaban J connectivity index is 1.90. The first-order valence-electron chi connectivity index (χ1n) is 7.77. The third kappa shape index (κ3) is 3.76. The van der Waals surface area contributed by atoms with E-state index in [1.54, 1.807) is 18.3 Å². The molecule has 0 unspecified atom stereocenters. The Morgan fingerprint density at radius 3 is 2.96 bits per heavy atom. The fourth-order valence-corrected chi connectivity index (χ4v) is 3.06. The molecule has 25 heavy (non-hydrogen) atoms. The molecular weight excluding hydrogens is 345 g/mol. The van der Waals surface area contributed by atoms with Crippen LogP contribution in [0.4, 0.5) is 15.8 Å². The zero-order valence-electron chi connectivity index (χ0n) is 13.7. The minimum Gasteiger partial charge on any atom is -0.394 e. The molecule has 0 saturated carbocycles. The summed E-state index contributed by atoms with van der Waals surface area (Å²) in [6.07, 6.45) is 5.57. The molecule has 2 N–H and O–H groups in total. The summed E-state index contributed by atoms with van der Waals surface area (Å²) in [4.78, 5) is 22.9. The molecule has 1 aliphatic rings. The smallest absolute Gasteiger partial charge is 0.279 e. The van der Waals surface area contributed by atoms with Crippen LogP contribution in [-0.4, -0.2) is 47.1 Å². The number of halogens is 1. The maximum absolute atomic E-state index is 14.3. The number of pyridine rings is 1. The first-order chi connectivity index (χ1) is 12.1. The van der Waals surface area contributed by atoms with Crippen LogP contribution in [-0.2, 0) is 11.3 Å². The Kier molecular flexibility index (Phi) is 5.52. The van der Waals surface area contributed by atoms with Crippen LogP contribution in [0.5, 0.6) is 0 Å². The van der Waals surface area contributed by atoms with Gasteiger partial charge < -0.3 is 10.4 Å². The second-order valence-corrected chi connectivity index (χ2v) is 6.29. The third-order valence-corrected chi connectivity index (χ3v) is 4.56. The maximum Gasteiger partial charge on any atom is 0.279 e. The van der Waals surface area contributed by atoms with E-state index in [2.05, 4.69) is 10.3 Å². The average Bonchev–Trinajstić information content (AvgIpc) is 2.63. The van der Waals surface area contributed by atoms with E-state index in [1.165, 1.54) is 29.1 Å². The number of anilines is 2. The number of nitrogens with one attached hydrogen (secondary N) is 1. The summed E-state index contributed by atoms with van der Waals surface area (Å²) >= 11 is 1.45. The van der Waals surface area contributed by atoms with Crippen molar-refractivity contribution >= 4 is 29.0 Å². The highest BCUT2D eigenvalue weighted by molar-refractivity contribution is 7.98. The topological polar surface area (TPSA) is 74.7 Å². The van der Waals surface area contributed by atoms with Gasteiger partial charge in [0.15, 0.2) is 0 Å². The van der Waals surface area contributed by atoms with E-state index in [0.717, 1.165) is 10.5 Å². The number of hydrogen-bond donors (Lipinski definition) is 2. The van der Waals surface area contributed by atoms with Crippen molar-refractivity contribution in [2.24, 2.45) is 0 Å². The fraction of sp³-hybridized carbons (Fsp3) is 0.294. The molecule has 6 nitrogen and oxygen atoms in total. The zero-order valence-corrected chi connectivity index (χ0v) is 14.5. The van der Waals surface area contributed by atoms with Crippen molar-refractivity contribution in [3.05, 3.63) is 47.5 Å². The number of aliphatic hydroxyl groups excluding tert-OH is 1. The highest BCUT2D eigenvalue weighted by Gasteiger charge is 2.28. The molecule has 2 heterocycles. The lowest BCUT2D eigenvalue weighted by Gasteiger charge is -2.28. The lowest BCUT2D eigenvalue weighted by Crippen LogP contribution is -2.38. The molecule has 2 aromatic rings. The van der Waals surface area contributed by atoms with Crippen LogP contribution in [0.25, 0.3) is 0 Å². The number of rotatable bonds is 6. The molecule has 0 fully saturated rings. The molecule has 0 aliphatic carbocycles. The van der Waals surface area contributed by atoms with Crippen molar-refractivity contribution in [2.75, 3.05) is 31.3 Å². The Morgan fingerprint density at radius 1 is 1.40 bits per heavy atom. The molecule has 3 rings (SSSR count). The standard InChI is InChI=1S/C17H18FN3O3S/c1-25-12-2-3-14(13(18)8-12)20-15-10-19-9-11-4-5-21(24-7-6-22)17(23)16(11)15/h2-3,8-10,20,22H,4-7H2,1H3. The summed E-state index contributed by atoms with van der Waals surface area (Å²) in [5.41, 5.74) is 1.89. The first kappa shape index (κ1) is 17.7. The molecule has 8 heteroatoms. The third-order valence-electron chi connectivity index (χ3n) is 3.83. The number of thioether (sulfide) groups is 1. The number of nitrogens with zero attached hydrogens (tertiary/aromatic N) is 2. The number of amides is 1. The normalized spacial score (nSPS) is 13.7. The van der Waals surface area contributed by atoms with Crippen molar-refractivity contribution in [1.82, 2.24) is 10.0 Å². The van der Waals surface area contributed by atoms with Crippen molar-refractivity contribution in [2.45, 2.75) is 11.3 Å². The van der Waals surface area contributed by atoms with Crippen LogP contribution < -0.4 is 5.32 Å². The van der Waals surface area contributed by atoms with Crippen LogP contribution >= 0.6 is 11.8 Å². The Hall–Kier alpha value is -2.16. The van der Waals surface area contributed by atoms with Crippen molar-refractivity contribution in [3.8, 4) is 0 Å². The fourth-order valence-electron chi connectivity index (χ4n) is 2.63. The Labute approximate surface area is 149 Å². The lowest BCUT2D eigenvalue weighted by molar-refractivity contribution is -0.132. The van der Waals surface area contributed by atoms with Crippen molar-refractivity contribution in [1.29, 1.82) is 0 Å². The van der Waals surface area contributed by atoms with E-state index >= 15 is 0 Å². The van der Waals surface area contributed by atoms with E-state index in [0.29, 0.717) is 24.2 Å². The quantitative estimate of drug-likeness (QED) is 0.769. The van der Waals surface area contributed by atoms with E-state index in [4.69, 9.17) is 9.94 Å². The van der Waals surface area contributed by atoms with Gasteiger partial charge in [-0.25, -0.2) is 9.45 Å². The molecule has 0 atom stereocenters. The summed E-state index contributed by atoms with van der Waals surface area (Å²) in [5.74, 6) is -0.734. The number of fused-ring (bicyclic) bond motifs is 1. The van der Waals surface area contributed by atoms with Gasteiger partial charge in [-0.3, -0.25) is 14.6 Å². The largest absolute Gasteiger partial charge is 0.394 e. The second-order valence-electron chi connectivity index (χ2n) is 5.41. The van der Waals surface area contributed by atoms with Crippen LogP contribution in [0.1, 0.15) is 15.9 Å². The van der Waals surface area contributed by atoms with Crippen LogP contribution in [0.2, 0.25) is 0 Å². The second kappa shape index (κ2) is 7.81. The van der Waals surface area contributed by atoms with E-state index in [9.17, 15) is 9.18 Å². The molecule has 0 saturated heterocycles. The molecule has 1 amide bonds. The van der Waals surface area contributed by atoms with Crippen LogP contribution in [0, 0.1) is 5.82 Å². The molecule has 0 radical (unpaired) electrons. The number of benzene rings is 1. The molecule has 0 spiro atoms. The highest BCUT2D eigenvalue weighted by Crippen LogP contribution is 2.30. The summed E-state index contributed by atoms with van der Waals surface area (Å²) in [5, 5.41) is 13.1. The summed E-state index contributed by atoms with van der Waals surface area (Å²) in [6, 6.07) is 4.87. The SMILES string of the molecule is CSc1ccc(Nc2cncc3c2C(=O)N(OCCO)CC3)c(F)c1.